The zero-order chi connectivity index (χ0) is 12.0. The first-order chi connectivity index (χ1) is 8.24. The minimum absolute atomic E-state index is 0.0246. The third-order valence-electron chi connectivity index (χ3n) is 3.75. The summed E-state index contributed by atoms with van der Waals surface area (Å²) in [5.74, 6) is 0.0998. The third-order valence-corrected chi connectivity index (χ3v) is 4.59. The van der Waals surface area contributed by atoms with Gasteiger partial charge in [-0.15, -0.1) is 0 Å². The van der Waals surface area contributed by atoms with Crippen molar-refractivity contribution in [3.05, 3.63) is 30.3 Å². The molecule has 0 N–H and O–H groups in total. The van der Waals surface area contributed by atoms with Crippen molar-refractivity contribution >= 4 is 33.4 Å². The molecule has 1 saturated heterocycles. The number of carbonyl (C=O) groups excluding carboxylic acids is 2. The van der Waals surface area contributed by atoms with E-state index in [9.17, 15) is 9.59 Å². The molecular formula is C13H12BrNO2. The van der Waals surface area contributed by atoms with Crippen LogP contribution in [0.2, 0.25) is 0 Å². The Kier molecular flexibility index (Phi) is 2.54. The van der Waals surface area contributed by atoms with E-state index in [-0.39, 0.29) is 23.7 Å². The van der Waals surface area contributed by atoms with Gasteiger partial charge in [0.05, 0.1) is 17.5 Å². The van der Waals surface area contributed by atoms with Crippen LogP contribution in [0.3, 0.4) is 0 Å². The van der Waals surface area contributed by atoms with Crippen LogP contribution in [-0.2, 0) is 9.59 Å². The van der Waals surface area contributed by atoms with E-state index in [0.29, 0.717) is 11.6 Å². The molecule has 1 heterocycles. The van der Waals surface area contributed by atoms with Gasteiger partial charge in [-0.2, -0.15) is 0 Å². The predicted molar refractivity (Wildman–Crippen MR) is 67.8 cm³/mol. The molecule has 0 bridgehead atoms. The summed E-state index contributed by atoms with van der Waals surface area (Å²) in [7, 11) is 0. The Morgan fingerprint density at radius 1 is 1.18 bits per heavy atom. The number of nitrogens with zero attached hydrogens (tertiary/aromatic N) is 1. The lowest BCUT2D eigenvalue weighted by molar-refractivity contribution is -0.127. The Morgan fingerprint density at radius 2 is 1.88 bits per heavy atom. The van der Waals surface area contributed by atoms with Crippen LogP contribution in [0.25, 0.3) is 0 Å². The zero-order valence-corrected chi connectivity index (χ0v) is 10.8. The van der Waals surface area contributed by atoms with E-state index < -0.39 is 0 Å². The van der Waals surface area contributed by atoms with Gasteiger partial charge in [0.2, 0.25) is 11.8 Å². The van der Waals surface area contributed by atoms with Gasteiger partial charge in [0.1, 0.15) is 0 Å². The summed E-state index contributed by atoms with van der Waals surface area (Å²) >= 11 is 3.40. The fourth-order valence-electron chi connectivity index (χ4n) is 2.79. The van der Waals surface area contributed by atoms with Crippen molar-refractivity contribution in [3.8, 4) is 0 Å². The van der Waals surface area contributed by atoms with Crippen LogP contribution < -0.4 is 4.90 Å². The van der Waals surface area contributed by atoms with E-state index >= 15 is 0 Å². The molecule has 1 aliphatic carbocycles. The maximum absolute atomic E-state index is 12.2. The first-order valence-corrected chi connectivity index (χ1v) is 6.85. The maximum Gasteiger partial charge on any atom is 0.237 e. The largest absolute Gasteiger partial charge is 0.274 e. The lowest BCUT2D eigenvalue weighted by Crippen LogP contribution is -2.39. The molecule has 0 radical (unpaired) electrons. The summed E-state index contributed by atoms with van der Waals surface area (Å²) < 4.78 is 0. The summed E-state index contributed by atoms with van der Waals surface area (Å²) in [6.45, 7) is 0. The van der Waals surface area contributed by atoms with E-state index in [4.69, 9.17) is 0 Å². The molecule has 88 valence electrons. The van der Waals surface area contributed by atoms with Gasteiger partial charge in [-0.1, -0.05) is 34.1 Å². The van der Waals surface area contributed by atoms with Gasteiger partial charge in [-0.25, -0.2) is 0 Å². The second-order valence-electron chi connectivity index (χ2n) is 4.63. The summed E-state index contributed by atoms with van der Waals surface area (Å²) in [4.78, 5) is 25.7. The number of carbonyl (C=O) groups is 2. The highest BCUT2D eigenvalue weighted by atomic mass is 79.9. The van der Waals surface area contributed by atoms with Gasteiger partial charge < -0.3 is 0 Å². The molecule has 1 aromatic carbocycles. The topological polar surface area (TPSA) is 37.4 Å². The van der Waals surface area contributed by atoms with Gasteiger partial charge in [-0.3, -0.25) is 14.5 Å². The summed E-state index contributed by atoms with van der Waals surface area (Å²) in [5, 5.41) is 0.801. The third kappa shape index (κ3) is 1.47. The number of fused-ring (bicyclic) bond motifs is 1. The van der Waals surface area contributed by atoms with Crippen LogP contribution in [0.1, 0.15) is 6.42 Å². The lowest BCUT2D eigenvalue weighted by Gasteiger charge is -2.34. The Labute approximate surface area is 108 Å². The monoisotopic (exact) mass is 293 g/mol. The van der Waals surface area contributed by atoms with Crippen LogP contribution in [0, 0.1) is 17.8 Å². The molecule has 3 atom stereocenters. The standard InChI is InChI=1S/C13H12BrNO2/c14-7-8-6-10-11(8)13(17)15(12(10)16)9-4-2-1-3-5-9/h1-5,8,10-11H,6-7H2/t8-,10+,11-/m1/s1. The number of benzene rings is 1. The second kappa shape index (κ2) is 3.95. The summed E-state index contributed by atoms with van der Waals surface area (Å²) in [6, 6.07) is 9.19. The van der Waals surface area contributed by atoms with Crippen LogP contribution in [0.4, 0.5) is 5.69 Å². The molecule has 4 heteroatoms. The minimum Gasteiger partial charge on any atom is -0.274 e. The molecule has 0 aromatic heterocycles. The Hall–Kier alpha value is -1.16. The van der Waals surface area contributed by atoms with Gasteiger partial charge in [-0.05, 0) is 24.5 Å². The number of rotatable bonds is 2. The number of amides is 2. The van der Waals surface area contributed by atoms with E-state index in [1.165, 1.54) is 4.90 Å². The highest BCUT2D eigenvalue weighted by Crippen LogP contribution is 2.48. The number of alkyl halides is 1. The quantitative estimate of drug-likeness (QED) is 0.619. The Bertz CT molecular complexity index is 474. The van der Waals surface area contributed by atoms with Crippen LogP contribution in [-0.4, -0.2) is 17.1 Å². The average molecular weight is 294 g/mol. The van der Waals surface area contributed by atoms with Gasteiger partial charge >= 0.3 is 0 Å². The number of para-hydroxylation sites is 1. The molecule has 1 aliphatic heterocycles. The number of imide groups is 1. The molecule has 2 aliphatic rings. The molecule has 17 heavy (non-hydrogen) atoms. The fraction of sp³-hybridized carbons (Fsp3) is 0.385. The van der Waals surface area contributed by atoms with Crippen molar-refractivity contribution in [1.82, 2.24) is 0 Å². The Morgan fingerprint density at radius 3 is 2.53 bits per heavy atom. The first kappa shape index (κ1) is 11.0. The lowest BCUT2D eigenvalue weighted by atomic mass is 9.67. The maximum atomic E-state index is 12.2. The van der Waals surface area contributed by atoms with Crippen molar-refractivity contribution in [1.29, 1.82) is 0 Å². The number of hydrogen-bond donors (Lipinski definition) is 0. The normalized spacial score (nSPS) is 31.4. The zero-order valence-electron chi connectivity index (χ0n) is 9.17. The summed E-state index contributed by atoms with van der Waals surface area (Å²) in [5.41, 5.74) is 0.699. The van der Waals surface area contributed by atoms with E-state index in [0.717, 1.165) is 11.8 Å². The smallest absolute Gasteiger partial charge is 0.237 e. The fourth-order valence-corrected chi connectivity index (χ4v) is 3.46. The van der Waals surface area contributed by atoms with Gasteiger partial charge in [0, 0.05) is 5.33 Å². The van der Waals surface area contributed by atoms with Gasteiger partial charge in [0.25, 0.3) is 0 Å². The molecule has 2 fully saturated rings. The number of anilines is 1. The first-order valence-electron chi connectivity index (χ1n) is 5.73. The highest BCUT2D eigenvalue weighted by molar-refractivity contribution is 9.09. The Balaban J connectivity index is 1.93. The van der Waals surface area contributed by atoms with Crippen LogP contribution in [0.15, 0.2) is 30.3 Å². The van der Waals surface area contributed by atoms with Crippen LogP contribution >= 0.6 is 15.9 Å². The molecule has 0 unspecified atom stereocenters. The van der Waals surface area contributed by atoms with Crippen LogP contribution in [0.5, 0.6) is 0 Å². The van der Waals surface area contributed by atoms with Crippen molar-refractivity contribution in [2.45, 2.75) is 6.42 Å². The van der Waals surface area contributed by atoms with E-state index in [1.807, 2.05) is 30.3 Å². The molecule has 2 amide bonds. The average Bonchev–Trinajstić information content (AvgIpc) is 2.47. The molecule has 3 rings (SSSR count). The highest BCUT2D eigenvalue weighted by Gasteiger charge is 2.58. The van der Waals surface area contributed by atoms with E-state index in [1.54, 1.807) is 0 Å². The molecule has 0 spiro atoms. The molecule has 1 aromatic rings. The molecular weight excluding hydrogens is 282 g/mol. The predicted octanol–water partition coefficient (Wildman–Crippen LogP) is 2.21. The van der Waals surface area contributed by atoms with Crippen molar-refractivity contribution in [2.24, 2.45) is 17.8 Å². The SMILES string of the molecule is O=C1[C@@H]2[C@@H](CBr)C[C@@H]2C(=O)N1c1ccccc1. The number of hydrogen-bond acceptors (Lipinski definition) is 2. The minimum atomic E-state index is -0.0953. The molecule has 1 saturated carbocycles. The van der Waals surface area contributed by atoms with E-state index in [2.05, 4.69) is 15.9 Å². The van der Waals surface area contributed by atoms with Crippen molar-refractivity contribution < 1.29 is 9.59 Å². The summed E-state index contributed by atoms with van der Waals surface area (Å²) in [6.07, 6.45) is 0.837. The van der Waals surface area contributed by atoms with Crippen molar-refractivity contribution in [2.75, 3.05) is 10.2 Å². The second-order valence-corrected chi connectivity index (χ2v) is 5.28. The number of halogens is 1. The van der Waals surface area contributed by atoms with Crippen molar-refractivity contribution in [3.63, 3.8) is 0 Å². The van der Waals surface area contributed by atoms with Gasteiger partial charge in [0.15, 0.2) is 0 Å². The molecule has 3 nitrogen and oxygen atoms in total.